The summed E-state index contributed by atoms with van der Waals surface area (Å²) >= 11 is 0. The molecule has 0 atom stereocenters. The van der Waals surface area contributed by atoms with Gasteiger partial charge < -0.3 is 20.3 Å². The van der Waals surface area contributed by atoms with Crippen molar-refractivity contribution in [1.82, 2.24) is 0 Å². The number of carbonyl (C=O) groups is 2. The van der Waals surface area contributed by atoms with Gasteiger partial charge in [0.2, 0.25) is 5.91 Å². The molecule has 0 spiro atoms. The highest BCUT2D eigenvalue weighted by Gasteiger charge is 2.36. The van der Waals surface area contributed by atoms with Crippen molar-refractivity contribution in [2.24, 2.45) is 5.41 Å². The number of aryl methyl sites for hydroxylation is 1. The monoisotopic (exact) mass is 353 g/mol. The highest BCUT2D eigenvalue weighted by Crippen LogP contribution is 2.37. The fourth-order valence-corrected chi connectivity index (χ4v) is 2.88. The molecule has 1 aliphatic heterocycles. The van der Waals surface area contributed by atoms with Gasteiger partial charge in [0, 0.05) is 24.5 Å². The summed E-state index contributed by atoms with van der Waals surface area (Å²) in [5, 5.41) is 5.59. The largest absolute Gasteiger partial charge is 0.490 e. The number of hydrogen-bond acceptors (Lipinski definition) is 3. The van der Waals surface area contributed by atoms with E-state index in [0.717, 1.165) is 11.3 Å². The van der Waals surface area contributed by atoms with Crippen molar-refractivity contribution >= 4 is 29.0 Å². The highest BCUT2D eigenvalue weighted by atomic mass is 16.5. The second-order valence-corrected chi connectivity index (χ2v) is 7.17. The van der Waals surface area contributed by atoms with Crippen LogP contribution in [-0.2, 0) is 4.79 Å². The Morgan fingerprint density at radius 3 is 2.50 bits per heavy atom. The molecule has 1 heterocycles. The number of urea groups is 1. The lowest BCUT2D eigenvalue weighted by molar-refractivity contribution is -0.127. The van der Waals surface area contributed by atoms with Gasteiger partial charge in [-0.05, 0) is 50.6 Å². The van der Waals surface area contributed by atoms with Crippen molar-refractivity contribution in [1.29, 1.82) is 0 Å². The zero-order chi connectivity index (χ0) is 18.9. The summed E-state index contributed by atoms with van der Waals surface area (Å²) in [4.78, 5) is 26.3. The van der Waals surface area contributed by atoms with Crippen molar-refractivity contribution in [2.45, 2.75) is 20.8 Å². The number of ether oxygens (including phenoxy) is 1. The van der Waals surface area contributed by atoms with E-state index in [0.29, 0.717) is 17.1 Å². The van der Waals surface area contributed by atoms with Gasteiger partial charge >= 0.3 is 6.03 Å². The lowest BCUT2D eigenvalue weighted by atomic mass is 9.93. The van der Waals surface area contributed by atoms with Crippen molar-refractivity contribution in [3.63, 3.8) is 0 Å². The number of nitrogens with one attached hydrogen (secondary N) is 2. The molecular weight excluding hydrogens is 330 g/mol. The summed E-state index contributed by atoms with van der Waals surface area (Å²) in [5.74, 6) is 0.564. The molecule has 3 amide bonds. The van der Waals surface area contributed by atoms with E-state index < -0.39 is 5.41 Å². The van der Waals surface area contributed by atoms with Gasteiger partial charge in [0.05, 0.1) is 11.1 Å². The van der Waals surface area contributed by atoms with Crippen LogP contribution in [0.4, 0.5) is 21.9 Å². The van der Waals surface area contributed by atoms with Crippen molar-refractivity contribution in [2.75, 3.05) is 29.2 Å². The van der Waals surface area contributed by atoms with Crippen LogP contribution in [0.5, 0.6) is 5.75 Å². The average Bonchev–Trinajstić information content (AvgIpc) is 2.66. The second kappa shape index (κ2) is 6.71. The van der Waals surface area contributed by atoms with Crippen LogP contribution in [0.1, 0.15) is 19.4 Å². The van der Waals surface area contributed by atoms with Crippen molar-refractivity contribution in [3.8, 4) is 5.75 Å². The maximum absolute atomic E-state index is 12.5. The third kappa shape index (κ3) is 3.64. The summed E-state index contributed by atoms with van der Waals surface area (Å²) < 4.78 is 5.83. The minimum Gasteiger partial charge on any atom is -0.490 e. The first-order valence-corrected chi connectivity index (χ1v) is 8.46. The van der Waals surface area contributed by atoms with E-state index in [4.69, 9.17) is 4.74 Å². The predicted molar refractivity (Wildman–Crippen MR) is 103 cm³/mol. The number of benzene rings is 2. The van der Waals surface area contributed by atoms with Crippen LogP contribution in [-0.4, -0.2) is 25.6 Å². The van der Waals surface area contributed by atoms with Gasteiger partial charge in [-0.2, -0.15) is 0 Å². The molecular formula is C20H23N3O3. The molecule has 0 fully saturated rings. The zero-order valence-electron chi connectivity index (χ0n) is 15.4. The fraction of sp³-hybridized carbons (Fsp3) is 0.300. The number of anilines is 3. The molecule has 2 N–H and O–H groups in total. The standard InChI is InChI=1S/C20H23N3O3/c1-13-6-5-7-14(10-13)21-19(25)22-15-8-9-16-17(11-15)26-12-20(2,3)18(24)23(16)4/h5-11H,12H2,1-4H3,(H2,21,22,25). The molecule has 26 heavy (non-hydrogen) atoms. The van der Waals surface area contributed by atoms with E-state index in [2.05, 4.69) is 10.6 Å². The van der Waals surface area contributed by atoms with Crippen LogP contribution >= 0.6 is 0 Å². The average molecular weight is 353 g/mol. The lowest BCUT2D eigenvalue weighted by Crippen LogP contribution is -2.39. The van der Waals surface area contributed by atoms with E-state index in [1.165, 1.54) is 0 Å². The van der Waals surface area contributed by atoms with Gasteiger partial charge in [0.15, 0.2) is 0 Å². The van der Waals surface area contributed by atoms with E-state index >= 15 is 0 Å². The predicted octanol–water partition coefficient (Wildman–Crippen LogP) is 4.02. The summed E-state index contributed by atoms with van der Waals surface area (Å²) in [6.07, 6.45) is 0. The molecule has 3 rings (SSSR count). The molecule has 2 aromatic rings. The Bertz CT molecular complexity index is 861. The lowest BCUT2D eigenvalue weighted by Gasteiger charge is -2.24. The molecule has 0 bridgehead atoms. The van der Waals surface area contributed by atoms with E-state index in [1.807, 2.05) is 45.0 Å². The summed E-state index contributed by atoms with van der Waals surface area (Å²) in [5.41, 5.74) is 2.46. The van der Waals surface area contributed by atoms with E-state index in [1.54, 1.807) is 30.1 Å². The Morgan fingerprint density at radius 1 is 1.12 bits per heavy atom. The quantitative estimate of drug-likeness (QED) is 0.857. The second-order valence-electron chi connectivity index (χ2n) is 7.17. The smallest absolute Gasteiger partial charge is 0.323 e. The van der Waals surface area contributed by atoms with Crippen molar-refractivity contribution < 1.29 is 14.3 Å². The molecule has 136 valence electrons. The molecule has 0 saturated carbocycles. The first-order valence-electron chi connectivity index (χ1n) is 8.46. The number of carbonyl (C=O) groups excluding carboxylic acids is 2. The molecule has 6 heteroatoms. The normalized spacial score (nSPS) is 15.5. The Kier molecular flexibility index (Phi) is 4.59. The maximum atomic E-state index is 12.5. The van der Waals surface area contributed by atoms with Gasteiger partial charge in [-0.3, -0.25) is 4.79 Å². The number of hydrogen-bond donors (Lipinski definition) is 2. The van der Waals surface area contributed by atoms with Crippen molar-refractivity contribution in [3.05, 3.63) is 48.0 Å². The Morgan fingerprint density at radius 2 is 1.81 bits per heavy atom. The molecule has 0 radical (unpaired) electrons. The number of rotatable bonds is 2. The van der Waals surface area contributed by atoms with Gasteiger partial charge in [-0.1, -0.05) is 12.1 Å². The highest BCUT2D eigenvalue weighted by molar-refractivity contribution is 6.01. The summed E-state index contributed by atoms with van der Waals surface area (Å²) in [6.45, 7) is 5.95. The molecule has 1 aliphatic rings. The van der Waals surface area contributed by atoms with Gasteiger partial charge in [-0.15, -0.1) is 0 Å². The molecule has 0 aromatic heterocycles. The van der Waals surface area contributed by atoms with Gasteiger partial charge in [0.25, 0.3) is 0 Å². The van der Waals surface area contributed by atoms with Crippen LogP contribution in [0, 0.1) is 12.3 Å². The van der Waals surface area contributed by atoms with Crippen LogP contribution in [0.25, 0.3) is 0 Å². The number of fused-ring (bicyclic) bond motifs is 1. The Labute approximate surface area is 153 Å². The molecule has 0 saturated heterocycles. The molecule has 6 nitrogen and oxygen atoms in total. The summed E-state index contributed by atoms with van der Waals surface area (Å²) in [7, 11) is 1.73. The summed E-state index contributed by atoms with van der Waals surface area (Å²) in [6, 6.07) is 12.5. The molecule has 0 unspecified atom stereocenters. The Balaban J connectivity index is 1.76. The third-order valence-electron chi connectivity index (χ3n) is 4.33. The van der Waals surface area contributed by atoms with Crippen LogP contribution in [0.2, 0.25) is 0 Å². The Hall–Kier alpha value is -3.02. The van der Waals surface area contributed by atoms with Gasteiger partial charge in [-0.25, -0.2) is 4.79 Å². The minimum atomic E-state index is -0.607. The topological polar surface area (TPSA) is 70.7 Å². The number of amides is 3. The molecule has 2 aromatic carbocycles. The van der Waals surface area contributed by atoms with E-state index in [9.17, 15) is 9.59 Å². The first-order chi connectivity index (χ1) is 12.3. The van der Waals surface area contributed by atoms with Gasteiger partial charge in [0.1, 0.15) is 12.4 Å². The first kappa shape index (κ1) is 17.8. The van der Waals surface area contributed by atoms with Crippen LogP contribution in [0.15, 0.2) is 42.5 Å². The molecule has 0 aliphatic carbocycles. The van der Waals surface area contributed by atoms with Crippen LogP contribution in [0.3, 0.4) is 0 Å². The van der Waals surface area contributed by atoms with E-state index in [-0.39, 0.29) is 18.5 Å². The zero-order valence-corrected chi connectivity index (χ0v) is 15.4. The van der Waals surface area contributed by atoms with Crippen LogP contribution < -0.4 is 20.3 Å². The minimum absolute atomic E-state index is 0.00542. The SMILES string of the molecule is Cc1cccc(NC(=O)Nc2ccc3c(c2)OCC(C)(C)C(=O)N3C)c1. The number of nitrogens with zero attached hydrogens (tertiary/aromatic N) is 1. The maximum Gasteiger partial charge on any atom is 0.323 e. The fourth-order valence-electron chi connectivity index (χ4n) is 2.88. The third-order valence-corrected chi connectivity index (χ3v) is 4.33.